The number of rotatable bonds is 14. The highest BCUT2D eigenvalue weighted by atomic mass is 19.1. The number of benzene rings is 1. The van der Waals surface area contributed by atoms with Crippen LogP contribution in [0.25, 0.3) is 0 Å². The fourth-order valence-electron chi connectivity index (χ4n) is 4.93. The summed E-state index contributed by atoms with van der Waals surface area (Å²) in [5, 5.41) is 10.1. The zero-order valence-corrected chi connectivity index (χ0v) is 19.7. The molecular formula is C27H45FO2. The number of hydrogen-bond acceptors (Lipinski definition) is 2. The van der Waals surface area contributed by atoms with E-state index >= 15 is 0 Å². The molecule has 3 heteroatoms. The molecule has 1 aliphatic carbocycles. The number of aliphatic hydroxyl groups is 1. The molecule has 0 amide bonds. The SMILES string of the molecule is CCCCCCOCCc1cc(CC)c(CCC2CCC(C(O)CC)CC2)cc1F. The van der Waals surface area contributed by atoms with Crippen molar-refractivity contribution in [2.24, 2.45) is 11.8 Å². The molecule has 2 rings (SSSR count). The van der Waals surface area contributed by atoms with Gasteiger partial charge >= 0.3 is 0 Å². The summed E-state index contributed by atoms with van der Waals surface area (Å²) in [4.78, 5) is 0. The van der Waals surface area contributed by atoms with Crippen molar-refractivity contribution >= 4 is 0 Å². The molecule has 30 heavy (non-hydrogen) atoms. The Morgan fingerprint density at radius 3 is 2.37 bits per heavy atom. The molecule has 0 aromatic heterocycles. The maximum absolute atomic E-state index is 14.7. The summed E-state index contributed by atoms with van der Waals surface area (Å²) in [6.45, 7) is 7.85. The van der Waals surface area contributed by atoms with Crippen molar-refractivity contribution in [1.29, 1.82) is 0 Å². The van der Waals surface area contributed by atoms with Gasteiger partial charge in [0.05, 0.1) is 12.7 Å². The molecule has 0 saturated heterocycles. The van der Waals surface area contributed by atoms with E-state index in [4.69, 9.17) is 4.74 Å². The van der Waals surface area contributed by atoms with E-state index < -0.39 is 0 Å². The highest BCUT2D eigenvalue weighted by Crippen LogP contribution is 2.34. The Balaban J connectivity index is 1.79. The standard InChI is InChI=1S/C27H45FO2/c1-4-7-8-9-17-30-18-16-25-19-22(5-2)24(20-26(25)28)15-12-21-10-13-23(14-11-21)27(29)6-3/h19-21,23,27,29H,4-18H2,1-3H3. The van der Waals surface area contributed by atoms with Crippen molar-refractivity contribution < 1.29 is 14.2 Å². The number of aryl methyl sites for hydroxylation is 2. The third-order valence-electron chi connectivity index (χ3n) is 7.08. The first kappa shape index (κ1) is 25.3. The first-order valence-electron chi connectivity index (χ1n) is 12.6. The van der Waals surface area contributed by atoms with Gasteiger partial charge in [-0.25, -0.2) is 4.39 Å². The molecule has 2 nitrogen and oxygen atoms in total. The lowest BCUT2D eigenvalue weighted by molar-refractivity contribution is 0.0697. The van der Waals surface area contributed by atoms with Crippen LogP contribution in [0.1, 0.15) is 102 Å². The lowest BCUT2D eigenvalue weighted by atomic mass is 9.77. The fraction of sp³-hybridized carbons (Fsp3) is 0.778. The van der Waals surface area contributed by atoms with Gasteiger partial charge in [-0.2, -0.15) is 0 Å². The van der Waals surface area contributed by atoms with Gasteiger partial charge in [0.25, 0.3) is 0 Å². The van der Waals surface area contributed by atoms with Crippen LogP contribution in [-0.4, -0.2) is 24.4 Å². The van der Waals surface area contributed by atoms with Gasteiger partial charge in [0.2, 0.25) is 0 Å². The number of ether oxygens (including phenoxy) is 1. The highest BCUT2D eigenvalue weighted by Gasteiger charge is 2.25. The van der Waals surface area contributed by atoms with Crippen molar-refractivity contribution in [3.05, 3.63) is 34.6 Å². The van der Waals surface area contributed by atoms with E-state index in [9.17, 15) is 9.50 Å². The Kier molecular flexibility index (Phi) is 12.0. The second-order valence-corrected chi connectivity index (χ2v) is 9.28. The lowest BCUT2D eigenvalue weighted by Crippen LogP contribution is -2.25. The van der Waals surface area contributed by atoms with E-state index in [0.717, 1.165) is 63.0 Å². The Morgan fingerprint density at radius 2 is 1.70 bits per heavy atom. The predicted molar refractivity (Wildman–Crippen MR) is 125 cm³/mol. The molecule has 0 heterocycles. The predicted octanol–water partition coefficient (Wildman–Crippen LogP) is 7.04. The van der Waals surface area contributed by atoms with Gasteiger partial charge in [0.1, 0.15) is 5.82 Å². The molecule has 0 bridgehead atoms. The summed E-state index contributed by atoms with van der Waals surface area (Å²) >= 11 is 0. The van der Waals surface area contributed by atoms with Crippen LogP contribution in [0.15, 0.2) is 12.1 Å². The Bertz CT molecular complexity index is 593. The smallest absolute Gasteiger partial charge is 0.126 e. The van der Waals surface area contributed by atoms with Crippen molar-refractivity contribution in [1.82, 2.24) is 0 Å². The van der Waals surface area contributed by atoms with Crippen LogP contribution in [0.2, 0.25) is 0 Å². The topological polar surface area (TPSA) is 29.5 Å². The third-order valence-corrected chi connectivity index (χ3v) is 7.08. The van der Waals surface area contributed by atoms with Gasteiger partial charge in [-0.3, -0.25) is 0 Å². The molecule has 1 fully saturated rings. The summed E-state index contributed by atoms with van der Waals surface area (Å²) < 4.78 is 20.4. The van der Waals surface area contributed by atoms with E-state index in [1.54, 1.807) is 6.07 Å². The van der Waals surface area contributed by atoms with E-state index in [1.807, 2.05) is 0 Å². The summed E-state index contributed by atoms with van der Waals surface area (Å²) in [5.41, 5.74) is 3.29. The Morgan fingerprint density at radius 1 is 0.933 bits per heavy atom. The number of hydrogen-bond donors (Lipinski definition) is 1. The maximum Gasteiger partial charge on any atom is 0.126 e. The highest BCUT2D eigenvalue weighted by molar-refractivity contribution is 5.34. The Labute approximate surface area is 184 Å². The van der Waals surface area contributed by atoms with Crippen molar-refractivity contribution in [2.45, 2.75) is 110 Å². The molecule has 1 aromatic rings. The van der Waals surface area contributed by atoms with Gasteiger partial charge < -0.3 is 9.84 Å². The van der Waals surface area contributed by atoms with E-state index in [-0.39, 0.29) is 11.9 Å². The quantitative estimate of drug-likeness (QED) is 0.327. The van der Waals surface area contributed by atoms with Gasteiger partial charge in [0.15, 0.2) is 0 Å². The van der Waals surface area contributed by atoms with Crippen LogP contribution in [-0.2, 0) is 24.0 Å². The van der Waals surface area contributed by atoms with Gasteiger partial charge in [0, 0.05) is 6.61 Å². The molecule has 1 atom stereocenters. The average Bonchev–Trinajstić information content (AvgIpc) is 2.77. The third kappa shape index (κ3) is 8.30. The minimum atomic E-state index is -0.125. The molecule has 1 N–H and O–H groups in total. The minimum Gasteiger partial charge on any atom is -0.393 e. The van der Waals surface area contributed by atoms with Crippen molar-refractivity contribution in [3.8, 4) is 0 Å². The second kappa shape index (κ2) is 14.2. The van der Waals surface area contributed by atoms with Crippen molar-refractivity contribution in [2.75, 3.05) is 13.2 Å². The summed E-state index contributed by atoms with van der Waals surface area (Å²) in [6.07, 6.45) is 14.0. The van der Waals surface area contributed by atoms with E-state index in [2.05, 4.69) is 26.8 Å². The van der Waals surface area contributed by atoms with Crippen LogP contribution >= 0.6 is 0 Å². The van der Waals surface area contributed by atoms with Crippen LogP contribution in [0.3, 0.4) is 0 Å². The molecular weight excluding hydrogens is 375 g/mol. The zero-order valence-electron chi connectivity index (χ0n) is 19.7. The maximum atomic E-state index is 14.7. The lowest BCUT2D eigenvalue weighted by Gasteiger charge is -2.31. The largest absolute Gasteiger partial charge is 0.393 e. The molecule has 1 unspecified atom stereocenters. The van der Waals surface area contributed by atoms with Crippen LogP contribution < -0.4 is 0 Å². The molecule has 0 radical (unpaired) electrons. The van der Waals surface area contributed by atoms with Crippen LogP contribution in [0.4, 0.5) is 4.39 Å². The second-order valence-electron chi connectivity index (χ2n) is 9.28. The summed E-state index contributed by atoms with van der Waals surface area (Å²) in [7, 11) is 0. The number of aliphatic hydroxyl groups excluding tert-OH is 1. The molecule has 172 valence electrons. The number of unbranched alkanes of at least 4 members (excludes halogenated alkanes) is 3. The molecule has 0 spiro atoms. The van der Waals surface area contributed by atoms with Gasteiger partial charge in [-0.1, -0.05) is 58.9 Å². The first-order valence-corrected chi connectivity index (χ1v) is 12.6. The van der Waals surface area contributed by atoms with Crippen LogP contribution in [0, 0.1) is 17.7 Å². The minimum absolute atomic E-state index is 0.0634. The normalized spacial score (nSPS) is 20.4. The molecule has 1 saturated carbocycles. The number of halogens is 1. The summed E-state index contributed by atoms with van der Waals surface area (Å²) in [5.74, 6) is 1.15. The van der Waals surface area contributed by atoms with Gasteiger partial charge in [-0.05, 0) is 86.0 Å². The van der Waals surface area contributed by atoms with Crippen LogP contribution in [0.5, 0.6) is 0 Å². The Hall–Kier alpha value is -0.930. The molecule has 1 aromatic carbocycles. The molecule has 0 aliphatic heterocycles. The van der Waals surface area contributed by atoms with E-state index in [1.165, 1.54) is 43.2 Å². The van der Waals surface area contributed by atoms with Crippen molar-refractivity contribution in [3.63, 3.8) is 0 Å². The average molecular weight is 421 g/mol. The van der Waals surface area contributed by atoms with Gasteiger partial charge in [-0.15, -0.1) is 0 Å². The fourth-order valence-corrected chi connectivity index (χ4v) is 4.93. The summed E-state index contributed by atoms with van der Waals surface area (Å²) in [6, 6.07) is 3.88. The monoisotopic (exact) mass is 420 g/mol. The first-order chi connectivity index (χ1) is 14.6. The molecule has 1 aliphatic rings. The van der Waals surface area contributed by atoms with E-state index in [0.29, 0.717) is 18.9 Å². The zero-order chi connectivity index (χ0) is 21.8.